The summed E-state index contributed by atoms with van der Waals surface area (Å²) < 4.78 is 5.53. The van der Waals surface area contributed by atoms with E-state index in [-0.39, 0.29) is 37.6 Å². The standard InChI is InChI=1S/C19H25ClN2O4/c20-16-3-1-2-4-17(16)26-8-7-18(23)21-14-9-15(10-14)22(12-19(24)25)11-13-5-6-13/h1-4,13-15H,5-12H2,(H,21,23)(H,24,25). The van der Waals surface area contributed by atoms with Crippen molar-refractivity contribution in [2.45, 2.75) is 44.2 Å². The molecule has 6 nitrogen and oxygen atoms in total. The average molecular weight is 381 g/mol. The van der Waals surface area contributed by atoms with Crippen LogP contribution in [-0.2, 0) is 9.59 Å². The molecule has 0 heterocycles. The van der Waals surface area contributed by atoms with Gasteiger partial charge < -0.3 is 15.2 Å². The van der Waals surface area contributed by atoms with E-state index in [1.54, 1.807) is 12.1 Å². The highest BCUT2D eigenvalue weighted by Crippen LogP contribution is 2.33. The maximum absolute atomic E-state index is 12.0. The number of carboxylic acids is 1. The van der Waals surface area contributed by atoms with Gasteiger partial charge in [0, 0.05) is 18.6 Å². The predicted octanol–water partition coefficient (Wildman–Crippen LogP) is 2.55. The van der Waals surface area contributed by atoms with Crippen LogP contribution in [0.4, 0.5) is 0 Å². The summed E-state index contributed by atoms with van der Waals surface area (Å²) in [5.74, 6) is 0.405. The number of rotatable bonds is 10. The SMILES string of the molecule is O=C(O)CN(CC1CC1)C1CC(NC(=O)CCOc2ccccc2Cl)C1. The zero-order valence-electron chi connectivity index (χ0n) is 14.7. The van der Waals surface area contributed by atoms with E-state index < -0.39 is 5.97 Å². The molecule has 0 bridgehead atoms. The molecule has 1 aromatic carbocycles. The molecule has 0 saturated heterocycles. The molecule has 0 aliphatic heterocycles. The van der Waals surface area contributed by atoms with E-state index in [0.29, 0.717) is 16.7 Å². The largest absolute Gasteiger partial charge is 0.491 e. The van der Waals surface area contributed by atoms with Gasteiger partial charge in [0.05, 0.1) is 24.6 Å². The number of aliphatic carboxylic acids is 1. The number of carbonyl (C=O) groups excluding carboxylic acids is 1. The minimum atomic E-state index is -0.783. The third-order valence-electron chi connectivity index (χ3n) is 4.95. The van der Waals surface area contributed by atoms with Gasteiger partial charge in [-0.3, -0.25) is 14.5 Å². The molecule has 0 spiro atoms. The van der Waals surface area contributed by atoms with E-state index in [2.05, 4.69) is 10.2 Å². The van der Waals surface area contributed by atoms with Gasteiger partial charge in [-0.05, 0) is 43.7 Å². The summed E-state index contributed by atoms with van der Waals surface area (Å²) in [4.78, 5) is 25.1. The van der Waals surface area contributed by atoms with Crippen LogP contribution < -0.4 is 10.1 Å². The van der Waals surface area contributed by atoms with Gasteiger partial charge >= 0.3 is 5.97 Å². The van der Waals surface area contributed by atoms with Crippen molar-refractivity contribution in [3.05, 3.63) is 29.3 Å². The van der Waals surface area contributed by atoms with Gasteiger partial charge in [-0.25, -0.2) is 0 Å². The lowest BCUT2D eigenvalue weighted by Gasteiger charge is -2.42. The van der Waals surface area contributed by atoms with E-state index >= 15 is 0 Å². The third-order valence-corrected chi connectivity index (χ3v) is 5.26. The first-order valence-corrected chi connectivity index (χ1v) is 9.51. The van der Waals surface area contributed by atoms with E-state index in [1.165, 1.54) is 12.8 Å². The lowest BCUT2D eigenvalue weighted by atomic mass is 9.85. The Balaban J connectivity index is 1.34. The zero-order valence-corrected chi connectivity index (χ0v) is 15.5. The van der Waals surface area contributed by atoms with Crippen LogP contribution in [0.15, 0.2) is 24.3 Å². The minimum absolute atomic E-state index is 0.0486. The minimum Gasteiger partial charge on any atom is -0.491 e. The number of hydrogen-bond donors (Lipinski definition) is 2. The van der Waals surface area contributed by atoms with Crippen LogP contribution in [0.2, 0.25) is 5.02 Å². The van der Waals surface area contributed by atoms with Crippen LogP contribution in [0.3, 0.4) is 0 Å². The number of hydrogen-bond acceptors (Lipinski definition) is 4. The Bertz CT molecular complexity index is 644. The fourth-order valence-corrected chi connectivity index (χ4v) is 3.46. The summed E-state index contributed by atoms with van der Waals surface area (Å²) in [6.45, 7) is 1.23. The van der Waals surface area contributed by atoms with Crippen molar-refractivity contribution in [3.63, 3.8) is 0 Å². The highest BCUT2D eigenvalue weighted by molar-refractivity contribution is 6.32. The van der Waals surface area contributed by atoms with Gasteiger partial charge in [0.2, 0.25) is 5.91 Å². The number of para-hydroxylation sites is 1. The number of benzene rings is 1. The number of carbonyl (C=O) groups is 2. The molecule has 1 aromatic rings. The monoisotopic (exact) mass is 380 g/mol. The second kappa shape index (κ2) is 8.73. The quantitative estimate of drug-likeness (QED) is 0.652. The molecule has 0 unspecified atom stereocenters. The summed E-state index contributed by atoms with van der Waals surface area (Å²) in [5.41, 5.74) is 0. The number of amides is 1. The Labute approximate surface area is 158 Å². The number of carboxylic acid groups (broad SMARTS) is 1. The zero-order chi connectivity index (χ0) is 18.5. The van der Waals surface area contributed by atoms with Crippen LogP contribution in [0.25, 0.3) is 0 Å². The first kappa shape index (κ1) is 19.0. The maximum Gasteiger partial charge on any atom is 0.317 e. The van der Waals surface area contributed by atoms with E-state index in [4.69, 9.17) is 21.4 Å². The van der Waals surface area contributed by atoms with E-state index in [0.717, 1.165) is 19.4 Å². The van der Waals surface area contributed by atoms with E-state index in [1.807, 2.05) is 12.1 Å². The Kier molecular flexibility index (Phi) is 6.38. The fraction of sp³-hybridized carbons (Fsp3) is 0.579. The first-order valence-electron chi connectivity index (χ1n) is 9.14. The van der Waals surface area contributed by atoms with Gasteiger partial charge in [-0.2, -0.15) is 0 Å². The van der Waals surface area contributed by atoms with Gasteiger partial charge in [0.1, 0.15) is 5.75 Å². The summed E-state index contributed by atoms with van der Waals surface area (Å²) in [6, 6.07) is 7.56. The van der Waals surface area contributed by atoms with Crippen molar-refractivity contribution in [1.29, 1.82) is 0 Å². The molecule has 0 aromatic heterocycles. The molecule has 7 heteroatoms. The molecule has 2 fully saturated rings. The maximum atomic E-state index is 12.0. The summed E-state index contributed by atoms with van der Waals surface area (Å²) >= 11 is 6.01. The average Bonchev–Trinajstić information content (AvgIpc) is 3.35. The molecular formula is C19H25ClN2O4. The molecule has 2 aliphatic rings. The lowest BCUT2D eigenvalue weighted by Crippen LogP contribution is -2.55. The van der Waals surface area contributed by atoms with Crippen LogP contribution in [0, 0.1) is 5.92 Å². The second-order valence-corrected chi connectivity index (χ2v) is 7.59. The molecule has 1 amide bonds. The Morgan fingerprint density at radius 3 is 2.65 bits per heavy atom. The summed E-state index contributed by atoms with van der Waals surface area (Å²) in [5, 5.41) is 12.6. The lowest BCUT2D eigenvalue weighted by molar-refractivity contribution is -0.140. The van der Waals surface area contributed by atoms with Gasteiger partial charge in [0.25, 0.3) is 0 Å². The van der Waals surface area contributed by atoms with Crippen molar-refractivity contribution in [2.75, 3.05) is 19.7 Å². The van der Waals surface area contributed by atoms with Crippen molar-refractivity contribution in [3.8, 4) is 5.75 Å². The van der Waals surface area contributed by atoms with Gasteiger partial charge in [0.15, 0.2) is 0 Å². The first-order chi connectivity index (χ1) is 12.5. The fourth-order valence-electron chi connectivity index (χ4n) is 3.27. The third kappa shape index (κ3) is 5.61. The van der Waals surface area contributed by atoms with Crippen LogP contribution in [-0.4, -0.2) is 53.7 Å². The van der Waals surface area contributed by atoms with Crippen molar-refractivity contribution in [1.82, 2.24) is 10.2 Å². The second-order valence-electron chi connectivity index (χ2n) is 7.19. The highest BCUT2D eigenvalue weighted by Gasteiger charge is 2.37. The topological polar surface area (TPSA) is 78.9 Å². The van der Waals surface area contributed by atoms with Gasteiger partial charge in [-0.1, -0.05) is 23.7 Å². The van der Waals surface area contributed by atoms with Crippen molar-refractivity contribution >= 4 is 23.5 Å². The molecule has 2 saturated carbocycles. The van der Waals surface area contributed by atoms with Crippen molar-refractivity contribution in [2.24, 2.45) is 5.92 Å². The number of halogens is 1. The van der Waals surface area contributed by atoms with Crippen LogP contribution >= 0.6 is 11.6 Å². The van der Waals surface area contributed by atoms with Crippen LogP contribution in [0.1, 0.15) is 32.1 Å². The molecule has 2 aliphatic carbocycles. The predicted molar refractivity (Wildman–Crippen MR) is 98.4 cm³/mol. The molecule has 0 atom stereocenters. The molecule has 142 valence electrons. The number of nitrogens with zero attached hydrogens (tertiary/aromatic N) is 1. The van der Waals surface area contributed by atoms with Crippen LogP contribution in [0.5, 0.6) is 5.75 Å². The highest BCUT2D eigenvalue weighted by atomic mass is 35.5. The molecule has 26 heavy (non-hydrogen) atoms. The molecule has 0 radical (unpaired) electrons. The Hall–Kier alpha value is -1.79. The van der Waals surface area contributed by atoms with Crippen molar-refractivity contribution < 1.29 is 19.4 Å². The van der Waals surface area contributed by atoms with Gasteiger partial charge in [-0.15, -0.1) is 0 Å². The molecule has 3 rings (SSSR count). The smallest absolute Gasteiger partial charge is 0.317 e. The molecule has 2 N–H and O–H groups in total. The number of nitrogens with one attached hydrogen (secondary N) is 1. The molecular weight excluding hydrogens is 356 g/mol. The Morgan fingerprint density at radius 1 is 1.27 bits per heavy atom. The normalized spacial score (nSPS) is 21.9. The number of ether oxygens (including phenoxy) is 1. The summed E-state index contributed by atoms with van der Waals surface area (Å²) in [6.07, 6.45) is 4.31. The van der Waals surface area contributed by atoms with E-state index in [9.17, 15) is 9.59 Å². The Morgan fingerprint density at radius 2 is 2.00 bits per heavy atom. The summed E-state index contributed by atoms with van der Waals surface area (Å²) in [7, 11) is 0.